The Morgan fingerprint density at radius 3 is 1.45 bits per heavy atom. The smallest absolute Gasteiger partial charge is 0.411 e. The number of rotatable bonds is 14. The van der Waals surface area contributed by atoms with E-state index < -0.39 is 64.8 Å². The maximum absolute atomic E-state index is 14.1. The van der Waals surface area contributed by atoms with E-state index in [9.17, 15) is 33.9 Å². The Morgan fingerprint density at radius 2 is 1.03 bits per heavy atom. The first-order valence-corrected chi connectivity index (χ1v) is 25.9. The summed E-state index contributed by atoms with van der Waals surface area (Å²) >= 11 is 0. The Kier molecular flexibility index (Phi) is 23.2. The molecule has 77 heavy (non-hydrogen) atoms. The summed E-state index contributed by atoms with van der Waals surface area (Å²) in [5, 5.41) is 12.8. The highest BCUT2D eigenvalue weighted by Gasteiger charge is 2.43. The predicted octanol–water partition coefficient (Wildman–Crippen LogP) is 6.94. The molecule has 2 atom stereocenters. The van der Waals surface area contributed by atoms with E-state index in [0.717, 1.165) is 36.5 Å². The second-order valence-corrected chi connectivity index (χ2v) is 22.5. The molecule has 4 aromatic heterocycles. The number of imidazole rings is 2. The summed E-state index contributed by atoms with van der Waals surface area (Å²) in [4.78, 5) is 99.2. The van der Waals surface area contributed by atoms with Gasteiger partial charge in [-0.25, -0.2) is 33.9 Å². The first-order chi connectivity index (χ1) is 36.1. The molecule has 0 aliphatic carbocycles. The zero-order valence-corrected chi connectivity index (χ0v) is 47.1. The lowest BCUT2D eigenvalue weighted by Crippen LogP contribution is -2.62. The molecule has 0 spiro atoms. The van der Waals surface area contributed by atoms with E-state index >= 15 is 0 Å². The van der Waals surface area contributed by atoms with Crippen LogP contribution in [0, 0.1) is 0 Å². The second-order valence-electron chi connectivity index (χ2n) is 22.5. The lowest BCUT2D eigenvalue weighted by atomic mass is 10.1. The van der Waals surface area contributed by atoms with Crippen LogP contribution in [0.2, 0.25) is 0 Å². The molecule has 2 saturated heterocycles. The average Bonchev–Trinajstić information content (AvgIpc) is 4.08. The van der Waals surface area contributed by atoms with E-state index in [2.05, 4.69) is 35.9 Å². The minimum atomic E-state index is -1.19. The molecule has 6 heterocycles. The third kappa shape index (κ3) is 23.2. The standard InChI is InChI=1S/C27H40N6O5.C15H26N2O6.C12H16N4/c1-26(2,3)37-24(35)32-15-16-33(25(36)38-27(4,5)6)22(19-32)23(34)31(18-21-9-7-10-28-17-21)13-8-12-30-14-11-29-20-30;1-14(2,3)22-12(20)16-7-8-17(10(9-16)11(18)19)13(21)23-15(4,5)6;1-3-12(9-13-4-1)10-14-5-2-7-16-8-6-15-11-16/h7,9-11,14,17,20,22H,8,12-13,15-16,18-19H2,1-6H3;10H,7-9H2,1-6H3,(H,18,19);1,3-4,6,8-9,11,14H,2,5,7,10H2/t22-;10-;/m11./s1. The van der Waals surface area contributed by atoms with Crippen LogP contribution < -0.4 is 5.32 Å². The molecule has 4 aromatic rings. The van der Waals surface area contributed by atoms with Crippen LogP contribution in [0.15, 0.2) is 86.5 Å². The second kappa shape index (κ2) is 28.7. The van der Waals surface area contributed by atoms with E-state index in [0.29, 0.717) is 26.1 Å². The van der Waals surface area contributed by atoms with Crippen molar-refractivity contribution in [1.82, 2.24) is 58.9 Å². The van der Waals surface area contributed by atoms with Gasteiger partial charge < -0.3 is 53.2 Å². The molecule has 6 rings (SSSR count). The number of aromatic nitrogens is 6. The minimum Gasteiger partial charge on any atom is -0.480 e. The van der Waals surface area contributed by atoms with Crippen molar-refractivity contribution in [3.8, 4) is 0 Å². The SMILES string of the molecule is CC(C)(C)OC(=O)N1CCN(C(=O)OC(C)(C)C)[C@@H](C(=O)N(CCCn2ccnc2)Cc2cccnc2)C1.CC(C)(C)OC(=O)N1CCN(C(=O)OC(C)(C)C)[C@@H](C(=O)O)C1.c1cncc(CNCCCn2ccnc2)c1. The summed E-state index contributed by atoms with van der Waals surface area (Å²) in [5.41, 5.74) is -0.705. The lowest BCUT2D eigenvalue weighted by Gasteiger charge is -2.42. The van der Waals surface area contributed by atoms with Gasteiger partial charge in [0.05, 0.1) is 25.7 Å². The molecule has 2 aliphatic heterocycles. The van der Waals surface area contributed by atoms with Crippen LogP contribution in [0.3, 0.4) is 0 Å². The zero-order chi connectivity index (χ0) is 57.0. The number of carbonyl (C=O) groups excluding carboxylic acids is 5. The number of carboxylic acid groups (broad SMARTS) is 1. The van der Waals surface area contributed by atoms with Crippen molar-refractivity contribution >= 4 is 36.2 Å². The summed E-state index contributed by atoms with van der Waals surface area (Å²) in [7, 11) is 0. The van der Waals surface area contributed by atoms with E-state index in [1.807, 2.05) is 53.9 Å². The summed E-state index contributed by atoms with van der Waals surface area (Å²) in [5.74, 6) is -1.46. The summed E-state index contributed by atoms with van der Waals surface area (Å²) < 4.78 is 25.7. The van der Waals surface area contributed by atoms with Gasteiger partial charge in [-0.3, -0.25) is 24.6 Å². The predicted molar refractivity (Wildman–Crippen MR) is 286 cm³/mol. The highest BCUT2D eigenvalue weighted by atomic mass is 16.6. The van der Waals surface area contributed by atoms with Crippen molar-refractivity contribution in [1.29, 1.82) is 0 Å². The van der Waals surface area contributed by atoms with Crippen LogP contribution in [-0.4, -0.2) is 182 Å². The number of piperazine rings is 2. The molecule has 0 radical (unpaired) electrons. The summed E-state index contributed by atoms with van der Waals surface area (Å²) in [6.07, 6.45) is 17.4. The number of carbonyl (C=O) groups is 6. The van der Waals surface area contributed by atoms with Crippen LogP contribution in [0.4, 0.5) is 19.2 Å². The van der Waals surface area contributed by atoms with E-state index in [-0.39, 0.29) is 45.2 Å². The van der Waals surface area contributed by atoms with Crippen LogP contribution in [0.1, 0.15) is 107 Å². The molecule has 23 heteroatoms. The van der Waals surface area contributed by atoms with Crippen LogP contribution >= 0.6 is 0 Å². The normalized spacial score (nSPS) is 15.9. The third-order valence-corrected chi connectivity index (χ3v) is 11.1. The van der Waals surface area contributed by atoms with Gasteiger partial charge in [-0.1, -0.05) is 12.1 Å². The number of amides is 5. The minimum absolute atomic E-state index is 0.0120. The number of aryl methyl sites for hydroxylation is 2. The number of nitrogens with one attached hydrogen (secondary N) is 1. The Morgan fingerprint density at radius 1 is 0.584 bits per heavy atom. The number of ether oxygens (including phenoxy) is 4. The van der Waals surface area contributed by atoms with Gasteiger partial charge in [0, 0.05) is 108 Å². The van der Waals surface area contributed by atoms with Gasteiger partial charge in [0.1, 0.15) is 28.4 Å². The molecule has 0 saturated carbocycles. The average molecular weight is 1080 g/mol. The Bertz CT molecular complexity index is 2430. The van der Waals surface area contributed by atoms with Crippen molar-refractivity contribution in [3.63, 3.8) is 0 Å². The van der Waals surface area contributed by atoms with Crippen molar-refractivity contribution in [2.45, 2.75) is 157 Å². The molecule has 424 valence electrons. The molecule has 5 amide bonds. The molecular formula is C54H82N12O11. The van der Waals surface area contributed by atoms with Crippen molar-refractivity contribution < 1.29 is 52.8 Å². The maximum Gasteiger partial charge on any atom is 0.411 e. The van der Waals surface area contributed by atoms with Gasteiger partial charge >= 0.3 is 30.3 Å². The highest BCUT2D eigenvalue weighted by Crippen LogP contribution is 2.22. The Labute approximate surface area is 453 Å². The van der Waals surface area contributed by atoms with Gasteiger partial charge in [-0.15, -0.1) is 0 Å². The Balaban J connectivity index is 0.000000277. The fourth-order valence-electron chi connectivity index (χ4n) is 7.65. The first-order valence-electron chi connectivity index (χ1n) is 25.9. The maximum atomic E-state index is 14.1. The van der Waals surface area contributed by atoms with E-state index in [4.69, 9.17) is 18.9 Å². The molecule has 23 nitrogen and oxygen atoms in total. The largest absolute Gasteiger partial charge is 0.480 e. The van der Waals surface area contributed by atoms with E-state index in [1.165, 1.54) is 20.3 Å². The molecule has 2 fully saturated rings. The number of nitrogens with zero attached hydrogens (tertiary/aromatic N) is 11. The molecule has 2 N–H and O–H groups in total. The number of carboxylic acids is 1. The van der Waals surface area contributed by atoms with Gasteiger partial charge in [0.15, 0.2) is 6.04 Å². The topological polar surface area (TPSA) is 249 Å². The van der Waals surface area contributed by atoms with Crippen LogP contribution in [-0.2, 0) is 54.7 Å². The van der Waals surface area contributed by atoms with Gasteiger partial charge in [-0.2, -0.15) is 0 Å². The van der Waals surface area contributed by atoms with Crippen LogP contribution in [0.5, 0.6) is 0 Å². The highest BCUT2D eigenvalue weighted by molar-refractivity contribution is 5.87. The van der Waals surface area contributed by atoms with Crippen LogP contribution in [0.25, 0.3) is 0 Å². The van der Waals surface area contributed by atoms with Gasteiger partial charge in [0.25, 0.3) is 0 Å². The molecule has 0 aromatic carbocycles. The Hall–Kier alpha value is -7.30. The third-order valence-electron chi connectivity index (χ3n) is 11.1. The van der Waals surface area contributed by atoms with E-state index in [1.54, 1.807) is 119 Å². The number of aliphatic carboxylic acids is 1. The van der Waals surface area contributed by atoms with Crippen molar-refractivity contribution in [2.75, 3.05) is 52.4 Å². The first kappa shape index (κ1) is 62.2. The number of pyridine rings is 2. The van der Waals surface area contributed by atoms with Gasteiger partial charge in [0.2, 0.25) is 5.91 Å². The fourth-order valence-corrected chi connectivity index (χ4v) is 7.65. The number of hydrogen-bond acceptors (Lipinski definition) is 15. The zero-order valence-electron chi connectivity index (χ0n) is 47.1. The lowest BCUT2D eigenvalue weighted by molar-refractivity contribution is -0.145. The molecular weight excluding hydrogens is 993 g/mol. The quantitative estimate of drug-likeness (QED) is 0.0959. The summed E-state index contributed by atoms with van der Waals surface area (Å²) in [6.45, 7) is 25.9. The molecule has 0 unspecified atom stereocenters. The van der Waals surface area contributed by atoms with Gasteiger partial charge in [-0.05, 0) is 126 Å². The molecule has 2 aliphatic rings. The van der Waals surface area contributed by atoms with Crippen molar-refractivity contribution in [2.24, 2.45) is 0 Å². The molecule has 0 bridgehead atoms. The fraction of sp³-hybridized carbons (Fsp3) is 0.593. The summed E-state index contributed by atoms with van der Waals surface area (Å²) in [6, 6.07) is 5.68. The monoisotopic (exact) mass is 1070 g/mol. The number of hydrogen-bond donors (Lipinski definition) is 2. The van der Waals surface area contributed by atoms with Crippen molar-refractivity contribution in [3.05, 3.63) is 97.6 Å².